The Hall–Kier alpha value is -4.19. The number of allylic oxidation sites excluding steroid dienone is 1. The van der Waals surface area contributed by atoms with Crippen LogP contribution in [0.5, 0.6) is 0 Å². The van der Waals surface area contributed by atoms with Crippen LogP contribution in [0, 0.1) is 5.92 Å². The molecule has 0 saturated carbocycles. The fourth-order valence-electron chi connectivity index (χ4n) is 7.04. The summed E-state index contributed by atoms with van der Waals surface area (Å²) in [5.74, 6) is -2.14. The summed E-state index contributed by atoms with van der Waals surface area (Å²) in [4.78, 5) is 46.0. The van der Waals surface area contributed by atoms with Gasteiger partial charge in [0.2, 0.25) is 5.91 Å². The van der Waals surface area contributed by atoms with Gasteiger partial charge in [0.15, 0.2) is 11.6 Å². The van der Waals surface area contributed by atoms with E-state index < -0.39 is 23.4 Å². The molecule has 0 bridgehead atoms. The Bertz CT molecular complexity index is 1820. The second-order valence-electron chi connectivity index (χ2n) is 10.7. The maximum Gasteiger partial charge on any atom is 0.238 e. The highest BCUT2D eigenvalue weighted by atomic mass is 35.5. The quantitative estimate of drug-likeness (QED) is 0.259. The number of hydrogen-bond acceptors (Lipinski definition) is 4. The fraction of sp³-hybridized carbons (Fsp3) is 0.147. The van der Waals surface area contributed by atoms with Gasteiger partial charge in [-0.15, -0.1) is 0 Å². The van der Waals surface area contributed by atoms with Gasteiger partial charge in [0.25, 0.3) is 0 Å². The predicted molar refractivity (Wildman–Crippen MR) is 162 cm³/mol. The third-order valence-corrected chi connectivity index (χ3v) is 9.37. The normalized spacial score (nSPS) is 23.9. The van der Waals surface area contributed by atoms with Crippen LogP contribution in [0.4, 0.5) is 11.4 Å². The SMILES string of the molecule is CC1=C[C@H]2N(c3ccccc31)[C@H](C(=O)c1ccccc1Cl)[C@@H](C(=O)c1ccccc1Cl)[C@]21C(=O)Nc2ccccc21. The van der Waals surface area contributed by atoms with Crippen LogP contribution in [0.15, 0.2) is 103 Å². The average molecular weight is 579 g/mol. The third kappa shape index (κ3) is 3.52. The van der Waals surface area contributed by atoms with E-state index in [1.807, 2.05) is 66.4 Å². The Morgan fingerprint density at radius 1 is 0.780 bits per heavy atom. The van der Waals surface area contributed by atoms with Crippen molar-refractivity contribution in [1.82, 2.24) is 0 Å². The Morgan fingerprint density at radius 3 is 2.07 bits per heavy atom. The highest BCUT2D eigenvalue weighted by molar-refractivity contribution is 6.36. The first-order chi connectivity index (χ1) is 19.9. The Morgan fingerprint density at radius 2 is 1.37 bits per heavy atom. The molecule has 3 aliphatic heterocycles. The molecule has 4 aromatic rings. The van der Waals surface area contributed by atoms with Crippen molar-refractivity contribution in [3.63, 3.8) is 0 Å². The number of benzene rings is 4. The number of para-hydroxylation sites is 2. The van der Waals surface area contributed by atoms with Crippen LogP contribution in [-0.2, 0) is 10.2 Å². The minimum absolute atomic E-state index is 0.264. The Kier molecular flexibility index (Phi) is 5.93. The predicted octanol–water partition coefficient (Wildman–Crippen LogP) is 7.24. The number of ketones is 2. The van der Waals surface area contributed by atoms with Crippen LogP contribution >= 0.6 is 23.2 Å². The molecular weight excluding hydrogens is 555 g/mol. The summed E-state index contributed by atoms with van der Waals surface area (Å²) >= 11 is 13.2. The molecule has 41 heavy (non-hydrogen) atoms. The smallest absolute Gasteiger partial charge is 0.238 e. The molecule has 5 nitrogen and oxygen atoms in total. The van der Waals surface area contributed by atoms with Crippen molar-refractivity contribution in [2.24, 2.45) is 5.92 Å². The number of nitrogens with one attached hydrogen (secondary N) is 1. The monoisotopic (exact) mass is 578 g/mol. The molecule has 0 aliphatic carbocycles. The van der Waals surface area contributed by atoms with Gasteiger partial charge in [-0.05, 0) is 54.5 Å². The molecule has 1 spiro atoms. The highest BCUT2D eigenvalue weighted by Crippen LogP contribution is 2.59. The molecule has 1 N–H and O–H groups in total. The van der Waals surface area contributed by atoms with E-state index in [1.54, 1.807) is 48.5 Å². The van der Waals surface area contributed by atoms with Crippen LogP contribution < -0.4 is 10.2 Å². The molecule has 202 valence electrons. The van der Waals surface area contributed by atoms with Crippen molar-refractivity contribution < 1.29 is 14.4 Å². The van der Waals surface area contributed by atoms with Crippen molar-refractivity contribution in [1.29, 1.82) is 0 Å². The molecule has 1 saturated heterocycles. The molecular formula is C34H24Cl2N2O3. The maximum absolute atomic E-state index is 14.9. The average Bonchev–Trinajstić information content (AvgIpc) is 3.45. The number of nitrogens with zero attached hydrogens (tertiary/aromatic N) is 1. The molecule has 3 heterocycles. The summed E-state index contributed by atoms with van der Waals surface area (Å²) in [5.41, 5.74) is 3.15. The zero-order valence-corrected chi connectivity index (χ0v) is 23.5. The number of halogens is 2. The zero-order valence-electron chi connectivity index (χ0n) is 22.0. The van der Waals surface area contributed by atoms with Crippen molar-refractivity contribution >= 4 is 57.6 Å². The number of carbonyl (C=O) groups excluding carboxylic acids is 3. The third-order valence-electron chi connectivity index (χ3n) is 8.71. The van der Waals surface area contributed by atoms with Gasteiger partial charge < -0.3 is 10.2 Å². The standard InChI is InChI=1S/C34H24Cl2N2O3/c1-19-18-28-34(23-13-5-8-16-26(23)37-33(34)41)29(31(39)21-11-2-6-14-24(21)35)30(32(40)22-12-3-7-15-25(22)36)38(28)27-17-9-4-10-20(19)27/h2-18,28-30H,1H3,(H,37,41)/t28-,29+,30+,34-/m1/s1. The fourth-order valence-corrected chi connectivity index (χ4v) is 7.49. The lowest BCUT2D eigenvalue weighted by Crippen LogP contribution is -2.51. The number of Topliss-reactive ketones (excluding diaryl/α,β-unsaturated/α-hetero) is 2. The van der Waals surface area contributed by atoms with Gasteiger partial charge in [-0.1, -0.05) is 89.9 Å². The van der Waals surface area contributed by atoms with Crippen molar-refractivity contribution in [3.05, 3.63) is 135 Å². The number of anilines is 2. The molecule has 0 radical (unpaired) electrons. The van der Waals surface area contributed by atoms with Crippen molar-refractivity contribution in [2.75, 3.05) is 10.2 Å². The van der Waals surface area contributed by atoms with Crippen molar-refractivity contribution in [3.8, 4) is 0 Å². The summed E-state index contributed by atoms with van der Waals surface area (Å²) in [7, 11) is 0. The molecule has 4 aromatic carbocycles. The lowest BCUT2D eigenvalue weighted by atomic mass is 9.64. The van der Waals surface area contributed by atoms with E-state index in [2.05, 4.69) is 5.32 Å². The summed E-state index contributed by atoms with van der Waals surface area (Å²) in [6, 6.07) is 27.1. The molecule has 7 heteroatoms. The highest BCUT2D eigenvalue weighted by Gasteiger charge is 2.70. The largest absolute Gasteiger partial charge is 0.352 e. The number of fused-ring (bicyclic) bond motifs is 6. The van der Waals surface area contributed by atoms with Crippen LogP contribution in [0.2, 0.25) is 10.0 Å². The lowest BCUT2D eigenvalue weighted by Gasteiger charge is -2.39. The maximum atomic E-state index is 14.9. The number of carbonyl (C=O) groups is 3. The summed E-state index contributed by atoms with van der Waals surface area (Å²) in [6.07, 6.45) is 2.02. The lowest BCUT2D eigenvalue weighted by molar-refractivity contribution is -0.121. The van der Waals surface area contributed by atoms with E-state index in [-0.39, 0.29) is 33.1 Å². The minimum atomic E-state index is -1.41. The first kappa shape index (κ1) is 25.8. The molecule has 7 rings (SSSR count). The Balaban J connectivity index is 1.58. The topological polar surface area (TPSA) is 66.5 Å². The van der Waals surface area contributed by atoms with Crippen LogP contribution in [0.1, 0.15) is 38.8 Å². The zero-order chi connectivity index (χ0) is 28.5. The summed E-state index contributed by atoms with van der Waals surface area (Å²) < 4.78 is 0. The Labute approximate surface area is 247 Å². The second-order valence-corrected chi connectivity index (χ2v) is 11.5. The van der Waals surface area contributed by atoms with Gasteiger partial charge in [-0.3, -0.25) is 14.4 Å². The van der Waals surface area contributed by atoms with E-state index in [1.165, 1.54) is 0 Å². The first-order valence-electron chi connectivity index (χ1n) is 13.4. The molecule has 4 atom stereocenters. The van der Waals surface area contributed by atoms with Crippen LogP contribution in [0.25, 0.3) is 5.57 Å². The molecule has 3 aliphatic rings. The number of amides is 1. The number of hydrogen-bond donors (Lipinski definition) is 1. The minimum Gasteiger partial charge on any atom is -0.352 e. The molecule has 1 amide bonds. The van der Waals surface area contributed by atoms with Gasteiger partial charge in [0.1, 0.15) is 11.5 Å². The van der Waals surface area contributed by atoms with Gasteiger partial charge in [0.05, 0.1) is 22.0 Å². The molecule has 0 unspecified atom stereocenters. The summed E-state index contributed by atoms with van der Waals surface area (Å²) in [5, 5.41) is 3.59. The van der Waals surface area contributed by atoms with Crippen LogP contribution in [-0.4, -0.2) is 29.6 Å². The van der Waals surface area contributed by atoms with E-state index in [4.69, 9.17) is 23.2 Å². The second kappa shape index (κ2) is 9.44. The van der Waals surface area contributed by atoms with Gasteiger partial charge in [0, 0.05) is 28.1 Å². The first-order valence-corrected chi connectivity index (χ1v) is 14.2. The van der Waals surface area contributed by atoms with Crippen molar-refractivity contribution in [2.45, 2.75) is 24.4 Å². The van der Waals surface area contributed by atoms with Crippen LogP contribution in [0.3, 0.4) is 0 Å². The number of rotatable bonds is 4. The van der Waals surface area contributed by atoms with E-state index in [9.17, 15) is 14.4 Å². The molecule has 1 fully saturated rings. The van der Waals surface area contributed by atoms with E-state index >= 15 is 0 Å². The van der Waals surface area contributed by atoms with Gasteiger partial charge >= 0.3 is 0 Å². The summed E-state index contributed by atoms with van der Waals surface area (Å²) in [6.45, 7) is 2.00. The van der Waals surface area contributed by atoms with E-state index in [0.29, 0.717) is 16.8 Å². The van der Waals surface area contributed by atoms with Gasteiger partial charge in [-0.2, -0.15) is 0 Å². The van der Waals surface area contributed by atoms with Gasteiger partial charge in [-0.25, -0.2) is 0 Å². The molecule has 0 aromatic heterocycles. The van der Waals surface area contributed by atoms with E-state index in [0.717, 1.165) is 16.8 Å².